The van der Waals surface area contributed by atoms with Crippen LogP contribution in [-0.2, 0) is 0 Å². The average molecular weight is 178 g/mol. The lowest BCUT2D eigenvalue weighted by atomic mass is 10.1. The molecule has 0 aliphatic carbocycles. The third-order valence-corrected chi connectivity index (χ3v) is 1.66. The van der Waals surface area contributed by atoms with E-state index in [0.29, 0.717) is 0 Å². The number of rotatable bonds is 3. The summed E-state index contributed by atoms with van der Waals surface area (Å²) in [5.41, 5.74) is 6.33. The summed E-state index contributed by atoms with van der Waals surface area (Å²) in [6.07, 6.45) is 3.32. The molecule has 0 bridgehead atoms. The van der Waals surface area contributed by atoms with Crippen LogP contribution in [0.2, 0.25) is 0 Å². The Morgan fingerprint density at radius 2 is 2.00 bits per heavy atom. The second kappa shape index (κ2) is 3.96. The Hall–Kier alpha value is -1.48. The molecule has 0 heterocycles. The number of hydrogen-bond donors (Lipinski definition) is 3. The van der Waals surface area contributed by atoms with E-state index in [-0.39, 0.29) is 17.5 Å². The molecular weight excluding hydrogens is 166 g/mol. The third kappa shape index (κ3) is 2.49. The summed E-state index contributed by atoms with van der Waals surface area (Å²) in [4.78, 5) is 0. The zero-order valence-electron chi connectivity index (χ0n) is 7.14. The molecule has 3 heteroatoms. The minimum Gasteiger partial charge on any atom is -0.504 e. The van der Waals surface area contributed by atoms with Crippen molar-refractivity contribution in [1.82, 2.24) is 0 Å². The van der Waals surface area contributed by atoms with Crippen LogP contribution in [0, 0.1) is 6.42 Å². The van der Waals surface area contributed by atoms with E-state index < -0.39 is 0 Å². The molecule has 0 aromatic heterocycles. The van der Waals surface area contributed by atoms with E-state index in [1.54, 1.807) is 18.6 Å². The Bertz CT molecular complexity index is 310. The summed E-state index contributed by atoms with van der Waals surface area (Å²) >= 11 is 0. The van der Waals surface area contributed by atoms with Gasteiger partial charge in [-0.15, -0.1) is 6.58 Å². The van der Waals surface area contributed by atoms with Crippen molar-refractivity contribution in [2.24, 2.45) is 5.73 Å². The van der Waals surface area contributed by atoms with Gasteiger partial charge in [0.05, 0.1) is 0 Å². The molecule has 13 heavy (non-hydrogen) atoms. The highest BCUT2D eigenvalue weighted by Crippen LogP contribution is 2.25. The van der Waals surface area contributed by atoms with Gasteiger partial charge in [0.2, 0.25) is 0 Å². The molecule has 1 atom stereocenters. The van der Waals surface area contributed by atoms with Gasteiger partial charge in [0.25, 0.3) is 0 Å². The van der Waals surface area contributed by atoms with Crippen LogP contribution in [0.4, 0.5) is 0 Å². The van der Waals surface area contributed by atoms with Crippen LogP contribution < -0.4 is 5.73 Å². The summed E-state index contributed by atoms with van der Waals surface area (Å²) in [5, 5.41) is 18.2. The van der Waals surface area contributed by atoms with E-state index in [9.17, 15) is 0 Å². The van der Waals surface area contributed by atoms with Crippen molar-refractivity contribution in [3.05, 3.63) is 42.8 Å². The molecule has 0 aliphatic heterocycles. The maximum atomic E-state index is 9.15. The third-order valence-electron chi connectivity index (χ3n) is 1.66. The Balaban J connectivity index is 2.79. The Kier molecular flexibility index (Phi) is 2.93. The van der Waals surface area contributed by atoms with E-state index in [0.717, 1.165) is 5.56 Å². The predicted molar refractivity (Wildman–Crippen MR) is 51.3 cm³/mol. The fourth-order valence-corrected chi connectivity index (χ4v) is 0.934. The molecule has 1 unspecified atom stereocenters. The molecule has 0 fully saturated rings. The molecule has 1 aromatic carbocycles. The topological polar surface area (TPSA) is 66.5 Å². The fourth-order valence-electron chi connectivity index (χ4n) is 0.934. The average Bonchev–Trinajstić information content (AvgIpc) is 2.11. The number of benzene rings is 1. The molecular formula is C10H12NO2. The molecule has 4 N–H and O–H groups in total. The van der Waals surface area contributed by atoms with Gasteiger partial charge in [-0.2, -0.15) is 0 Å². The summed E-state index contributed by atoms with van der Waals surface area (Å²) < 4.78 is 0. The van der Waals surface area contributed by atoms with E-state index in [4.69, 9.17) is 15.9 Å². The van der Waals surface area contributed by atoms with Crippen molar-refractivity contribution in [3.8, 4) is 11.5 Å². The monoisotopic (exact) mass is 178 g/mol. The van der Waals surface area contributed by atoms with Crippen molar-refractivity contribution in [2.45, 2.75) is 6.04 Å². The quantitative estimate of drug-likeness (QED) is 0.480. The van der Waals surface area contributed by atoms with Gasteiger partial charge in [-0.1, -0.05) is 12.1 Å². The largest absolute Gasteiger partial charge is 0.504 e. The second-order valence-electron chi connectivity index (χ2n) is 2.73. The first-order valence-corrected chi connectivity index (χ1v) is 3.88. The zero-order valence-corrected chi connectivity index (χ0v) is 7.14. The number of nitrogens with two attached hydrogens (primary N) is 1. The first-order chi connectivity index (χ1) is 6.13. The Morgan fingerprint density at radius 1 is 1.31 bits per heavy atom. The molecule has 0 spiro atoms. The Morgan fingerprint density at radius 3 is 2.54 bits per heavy atom. The first kappa shape index (κ1) is 9.61. The lowest BCUT2D eigenvalue weighted by Crippen LogP contribution is -2.17. The van der Waals surface area contributed by atoms with Crippen LogP contribution in [0.1, 0.15) is 5.56 Å². The molecule has 69 valence electrons. The number of aromatic hydroxyl groups is 2. The van der Waals surface area contributed by atoms with Crippen LogP contribution in [0.15, 0.2) is 30.9 Å². The highest BCUT2D eigenvalue weighted by molar-refractivity contribution is 5.43. The molecule has 0 saturated carbocycles. The maximum Gasteiger partial charge on any atom is 0.157 e. The molecule has 1 radical (unpaired) electrons. The minimum absolute atomic E-state index is 0.135. The lowest BCUT2D eigenvalue weighted by molar-refractivity contribution is 0.403. The van der Waals surface area contributed by atoms with Crippen LogP contribution in [0.3, 0.4) is 0 Å². The summed E-state index contributed by atoms with van der Waals surface area (Å²) in [6, 6.07) is 4.28. The molecule has 0 saturated heterocycles. The van der Waals surface area contributed by atoms with Crippen LogP contribution >= 0.6 is 0 Å². The lowest BCUT2D eigenvalue weighted by Gasteiger charge is -2.06. The highest BCUT2D eigenvalue weighted by atomic mass is 16.3. The van der Waals surface area contributed by atoms with E-state index in [1.165, 1.54) is 12.1 Å². The highest BCUT2D eigenvalue weighted by Gasteiger charge is 2.03. The first-order valence-electron chi connectivity index (χ1n) is 3.88. The Labute approximate surface area is 77.1 Å². The number of phenols is 2. The van der Waals surface area contributed by atoms with Crippen LogP contribution in [0.25, 0.3) is 0 Å². The predicted octanol–water partition coefficient (Wildman–Crippen LogP) is 1.16. The van der Waals surface area contributed by atoms with E-state index in [2.05, 4.69) is 6.58 Å². The van der Waals surface area contributed by atoms with Crippen molar-refractivity contribution in [2.75, 3.05) is 0 Å². The van der Waals surface area contributed by atoms with E-state index >= 15 is 0 Å². The molecule has 1 rings (SSSR count). The van der Waals surface area contributed by atoms with Gasteiger partial charge in [-0.05, 0) is 17.7 Å². The van der Waals surface area contributed by atoms with Crippen molar-refractivity contribution < 1.29 is 10.2 Å². The minimum atomic E-state index is -0.246. The van der Waals surface area contributed by atoms with Crippen LogP contribution in [0.5, 0.6) is 11.5 Å². The van der Waals surface area contributed by atoms with Crippen molar-refractivity contribution in [1.29, 1.82) is 0 Å². The van der Waals surface area contributed by atoms with Gasteiger partial charge >= 0.3 is 0 Å². The molecule has 3 nitrogen and oxygen atoms in total. The van der Waals surface area contributed by atoms with Gasteiger partial charge in [0, 0.05) is 12.5 Å². The smallest absolute Gasteiger partial charge is 0.157 e. The summed E-state index contributed by atoms with van der Waals surface area (Å²) in [5.74, 6) is -0.283. The van der Waals surface area contributed by atoms with Crippen molar-refractivity contribution in [3.63, 3.8) is 0 Å². The second-order valence-corrected chi connectivity index (χ2v) is 2.73. The van der Waals surface area contributed by atoms with E-state index in [1.807, 2.05) is 0 Å². The molecule has 1 aromatic rings. The summed E-state index contributed by atoms with van der Waals surface area (Å²) in [6.45, 7) is 3.53. The van der Waals surface area contributed by atoms with Gasteiger partial charge in [-0.3, -0.25) is 0 Å². The summed E-state index contributed by atoms with van der Waals surface area (Å²) in [7, 11) is 0. The fraction of sp³-hybridized carbons (Fsp3) is 0.100. The van der Waals surface area contributed by atoms with Gasteiger partial charge < -0.3 is 15.9 Å². The van der Waals surface area contributed by atoms with Crippen LogP contribution in [-0.4, -0.2) is 16.3 Å². The number of phenolic OH excluding ortho intramolecular Hbond substituents is 2. The number of hydrogen-bond acceptors (Lipinski definition) is 3. The van der Waals surface area contributed by atoms with Gasteiger partial charge in [-0.25, -0.2) is 0 Å². The maximum absolute atomic E-state index is 9.15. The van der Waals surface area contributed by atoms with Gasteiger partial charge in [0.1, 0.15) is 0 Å². The normalized spacial score (nSPS) is 12.4. The molecule has 0 amide bonds. The van der Waals surface area contributed by atoms with Crippen molar-refractivity contribution >= 4 is 0 Å². The SMILES string of the molecule is C=CC(N)[CH]c1ccc(O)c(O)c1. The van der Waals surface area contributed by atoms with Gasteiger partial charge in [0.15, 0.2) is 11.5 Å². The standard InChI is InChI=1S/C10H12NO2/c1-2-8(11)5-7-3-4-9(12)10(13)6-7/h2-6,8,12-13H,1,11H2. The molecule has 0 aliphatic rings. The zero-order chi connectivity index (χ0) is 9.84.